The van der Waals surface area contributed by atoms with Crippen molar-refractivity contribution in [1.29, 1.82) is 0 Å². The van der Waals surface area contributed by atoms with Crippen LogP contribution in [0.4, 0.5) is 0 Å². The SMILES string of the molecule is CSc1ccc(C(C)NC(=O)C2CCN(C(=O)c3cccs3)CC2)cc1. The summed E-state index contributed by atoms with van der Waals surface area (Å²) in [4.78, 5) is 28.8. The zero-order chi connectivity index (χ0) is 18.5. The van der Waals surface area contributed by atoms with Crippen LogP contribution >= 0.6 is 23.1 Å². The molecule has 3 rings (SSSR count). The van der Waals surface area contributed by atoms with Crippen molar-refractivity contribution in [3.63, 3.8) is 0 Å². The minimum Gasteiger partial charge on any atom is -0.349 e. The molecule has 2 amide bonds. The molecular weight excluding hydrogens is 364 g/mol. The van der Waals surface area contributed by atoms with Gasteiger partial charge in [-0.05, 0) is 55.2 Å². The van der Waals surface area contributed by atoms with E-state index in [0.717, 1.165) is 23.3 Å². The number of likely N-dealkylation sites (tertiary alicyclic amines) is 1. The molecule has 0 radical (unpaired) electrons. The Balaban J connectivity index is 1.50. The van der Waals surface area contributed by atoms with Crippen LogP contribution in [0, 0.1) is 5.92 Å². The summed E-state index contributed by atoms with van der Waals surface area (Å²) in [6, 6.07) is 12.0. The molecule has 26 heavy (non-hydrogen) atoms. The smallest absolute Gasteiger partial charge is 0.263 e. The van der Waals surface area contributed by atoms with E-state index in [1.165, 1.54) is 16.2 Å². The molecule has 1 aromatic carbocycles. The van der Waals surface area contributed by atoms with Gasteiger partial charge in [0, 0.05) is 23.9 Å². The van der Waals surface area contributed by atoms with E-state index in [9.17, 15) is 9.59 Å². The van der Waals surface area contributed by atoms with Gasteiger partial charge >= 0.3 is 0 Å². The van der Waals surface area contributed by atoms with Crippen molar-refractivity contribution in [1.82, 2.24) is 10.2 Å². The number of thioether (sulfide) groups is 1. The predicted octanol–water partition coefficient (Wildman–Crippen LogP) is 4.20. The fourth-order valence-electron chi connectivity index (χ4n) is 3.21. The first kappa shape index (κ1) is 19.0. The average Bonchev–Trinajstić information content (AvgIpc) is 3.22. The van der Waals surface area contributed by atoms with Gasteiger partial charge in [0.25, 0.3) is 5.91 Å². The van der Waals surface area contributed by atoms with E-state index in [1.54, 1.807) is 11.8 Å². The summed E-state index contributed by atoms with van der Waals surface area (Å²) >= 11 is 3.18. The number of rotatable bonds is 5. The molecule has 1 atom stereocenters. The number of amides is 2. The number of nitrogens with one attached hydrogen (secondary N) is 1. The molecule has 6 heteroatoms. The van der Waals surface area contributed by atoms with Crippen LogP contribution in [0.1, 0.15) is 41.0 Å². The van der Waals surface area contributed by atoms with E-state index in [0.29, 0.717) is 13.1 Å². The first-order valence-corrected chi connectivity index (χ1v) is 11.0. The Morgan fingerprint density at radius 2 is 1.88 bits per heavy atom. The standard InChI is InChI=1S/C20H24N2O2S2/c1-14(15-5-7-17(25-2)8-6-15)21-19(23)16-9-11-22(12-10-16)20(24)18-4-3-13-26-18/h3-8,13-14,16H,9-12H2,1-2H3,(H,21,23). The molecule has 2 heterocycles. The molecule has 1 aliphatic rings. The highest BCUT2D eigenvalue weighted by molar-refractivity contribution is 7.98. The second-order valence-electron chi connectivity index (χ2n) is 6.55. The highest BCUT2D eigenvalue weighted by Gasteiger charge is 2.28. The summed E-state index contributed by atoms with van der Waals surface area (Å²) in [5.74, 6) is 0.158. The number of carbonyl (C=O) groups is 2. The Labute approximate surface area is 163 Å². The van der Waals surface area contributed by atoms with Crippen LogP contribution in [0.3, 0.4) is 0 Å². The Morgan fingerprint density at radius 1 is 1.19 bits per heavy atom. The van der Waals surface area contributed by atoms with E-state index in [1.807, 2.05) is 29.3 Å². The van der Waals surface area contributed by atoms with Crippen LogP contribution in [0.15, 0.2) is 46.7 Å². The maximum atomic E-state index is 12.6. The molecule has 1 aromatic heterocycles. The summed E-state index contributed by atoms with van der Waals surface area (Å²) in [6.45, 7) is 3.30. The molecule has 2 aromatic rings. The number of thiophene rings is 1. The number of piperidine rings is 1. The topological polar surface area (TPSA) is 49.4 Å². The summed E-state index contributed by atoms with van der Waals surface area (Å²) in [5.41, 5.74) is 1.11. The second-order valence-corrected chi connectivity index (χ2v) is 8.37. The molecule has 1 unspecified atom stereocenters. The third kappa shape index (κ3) is 4.48. The van der Waals surface area contributed by atoms with E-state index < -0.39 is 0 Å². The predicted molar refractivity (Wildman–Crippen MR) is 108 cm³/mol. The maximum absolute atomic E-state index is 12.6. The molecule has 1 fully saturated rings. The van der Waals surface area contributed by atoms with Gasteiger partial charge in [-0.1, -0.05) is 18.2 Å². The van der Waals surface area contributed by atoms with Crippen LogP contribution in [0.2, 0.25) is 0 Å². The molecule has 1 aliphatic heterocycles. The number of nitrogens with zero attached hydrogens (tertiary/aromatic N) is 1. The molecule has 1 N–H and O–H groups in total. The van der Waals surface area contributed by atoms with Gasteiger partial charge in [0.15, 0.2) is 0 Å². The van der Waals surface area contributed by atoms with E-state index in [-0.39, 0.29) is 23.8 Å². The summed E-state index contributed by atoms with van der Waals surface area (Å²) in [5, 5.41) is 5.05. The lowest BCUT2D eigenvalue weighted by Gasteiger charge is -2.31. The highest BCUT2D eigenvalue weighted by atomic mass is 32.2. The summed E-state index contributed by atoms with van der Waals surface area (Å²) in [6.07, 6.45) is 3.50. The zero-order valence-electron chi connectivity index (χ0n) is 15.1. The van der Waals surface area contributed by atoms with Crippen molar-refractivity contribution in [3.8, 4) is 0 Å². The van der Waals surface area contributed by atoms with E-state index in [4.69, 9.17) is 0 Å². The van der Waals surface area contributed by atoms with E-state index in [2.05, 4.69) is 35.8 Å². The number of hydrogen-bond donors (Lipinski definition) is 1. The van der Waals surface area contributed by atoms with Crippen LogP contribution in [-0.2, 0) is 4.79 Å². The zero-order valence-corrected chi connectivity index (χ0v) is 16.7. The molecule has 0 bridgehead atoms. The van der Waals surface area contributed by atoms with Crippen molar-refractivity contribution in [2.24, 2.45) is 5.92 Å². The van der Waals surface area contributed by atoms with Crippen molar-refractivity contribution in [2.75, 3.05) is 19.3 Å². The van der Waals surface area contributed by atoms with Crippen LogP contribution < -0.4 is 5.32 Å². The number of carbonyl (C=O) groups excluding carboxylic acids is 2. The Hall–Kier alpha value is -1.79. The molecule has 4 nitrogen and oxygen atoms in total. The molecule has 1 saturated heterocycles. The quantitative estimate of drug-likeness (QED) is 0.781. The van der Waals surface area contributed by atoms with Crippen molar-refractivity contribution in [2.45, 2.75) is 30.7 Å². The van der Waals surface area contributed by atoms with Gasteiger partial charge in [-0.2, -0.15) is 0 Å². The van der Waals surface area contributed by atoms with Crippen LogP contribution in [0.25, 0.3) is 0 Å². The lowest BCUT2D eigenvalue weighted by molar-refractivity contribution is -0.126. The monoisotopic (exact) mass is 388 g/mol. The van der Waals surface area contributed by atoms with Gasteiger partial charge < -0.3 is 10.2 Å². The van der Waals surface area contributed by atoms with Gasteiger partial charge in [0.1, 0.15) is 0 Å². The van der Waals surface area contributed by atoms with Crippen LogP contribution in [-0.4, -0.2) is 36.1 Å². The van der Waals surface area contributed by atoms with Crippen molar-refractivity contribution < 1.29 is 9.59 Å². The number of benzene rings is 1. The Bertz CT molecular complexity index is 736. The largest absolute Gasteiger partial charge is 0.349 e. The molecule has 0 spiro atoms. The minimum absolute atomic E-state index is 0.0100. The Morgan fingerprint density at radius 3 is 2.46 bits per heavy atom. The average molecular weight is 389 g/mol. The second kappa shape index (κ2) is 8.73. The Kier molecular flexibility index (Phi) is 6.38. The van der Waals surface area contributed by atoms with Crippen molar-refractivity contribution in [3.05, 3.63) is 52.2 Å². The van der Waals surface area contributed by atoms with Crippen LogP contribution in [0.5, 0.6) is 0 Å². The number of hydrogen-bond acceptors (Lipinski definition) is 4. The molecule has 0 saturated carbocycles. The third-order valence-electron chi connectivity index (χ3n) is 4.86. The third-order valence-corrected chi connectivity index (χ3v) is 6.46. The fourth-order valence-corrected chi connectivity index (χ4v) is 4.31. The van der Waals surface area contributed by atoms with Gasteiger partial charge in [-0.3, -0.25) is 9.59 Å². The first-order valence-electron chi connectivity index (χ1n) is 8.85. The lowest BCUT2D eigenvalue weighted by Crippen LogP contribution is -2.43. The first-order chi connectivity index (χ1) is 12.6. The van der Waals surface area contributed by atoms with Crippen molar-refractivity contribution >= 4 is 34.9 Å². The van der Waals surface area contributed by atoms with Gasteiger partial charge in [-0.15, -0.1) is 23.1 Å². The summed E-state index contributed by atoms with van der Waals surface area (Å²) < 4.78 is 0. The normalized spacial score (nSPS) is 16.3. The minimum atomic E-state index is -0.0182. The fraction of sp³-hybridized carbons (Fsp3) is 0.400. The summed E-state index contributed by atoms with van der Waals surface area (Å²) in [7, 11) is 0. The molecule has 0 aliphatic carbocycles. The highest BCUT2D eigenvalue weighted by Crippen LogP contribution is 2.23. The maximum Gasteiger partial charge on any atom is 0.263 e. The van der Waals surface area contributed by atoms with Gasteiger partial charge in [0.05, 0.1) is 10.9 Å². The van der Waals surface area contributed by atoms with E-state index >= 15 is 0 Å². The molecule has 138 valence electrons. The van der Waals surface area contributed by atoms with Gasteiger partial charge in [-0.25, -0.2) is 0 Å². The van der Waals surface area contributed by atoms with Gasteiger partial charge in [0.2, 0.25) is 5.91 Å². The lowest BCUT2D eigenvalue weighted by atomic mass is 9.95. The molecular formula is C20H24N2O2S2.